The van der Waals surface area contributed by atoms with E-state index in [4.69, 9.17) is 5.84 Å². The van der Waals surface area contributed by atoms with Crippen LogP contribution in [0, 0.1) is 0 Å². The number of alkyl halides is 3. The highest BCUT2D eigenvalue weighted by molar-refractivity contribution is 6.38. The third-order valence-electron chi connectivity index (χ3n) is 4.99. The molecule has 0 aromatic heterocycles. The van der Waals surface area contributed by atoms with Crippen molar-refractivity contribution in [3.05, 3.63) is 41.5 Å². The standard InChI is InChI=1S/C22H31F3N6/c1-4-6-18(28-5-2)16-30-9-11-31(12-10-30)19-7-8-20(21(29-26)15-27-3)17(13-19)14-22(23,24)25/h4,6-8,13,15H,5,9-12,14,16,26H2,1-3H3/b6-4-,27-15?,28-18?,29-21+. The molecule has 1 aliphatic heterocycles. The quantitative estimate of drug-likeness (QED) is 0.386. The molecule has 0 saturated carbocycles. The SMILES string of the molecule is C/C=C\C(CN1CCN(c2ccc(/C(C=NC)=N/N)c(CC(F)(F)F)c2)CC1)=NCC. The number of anilines is 1. The number of nitrogens with zero attached hydrogens (tertiary/aromatic N) is 5. The summed E-state index contributed by atoms with van der Waals surface area (Å²) in [5.41, 5.74) is 2.52. The molecule has 0 amide bonds. The normalized spacial score (nSPS) is 17.3. The molecule has 9 heteroatoms. The topological polar surface area (TPSA) is 69.6 Å². The van der Waals surface area contributed by atoms with Gasteiger partial charge in [0.1, 0.15) is 5.71 Å². The van der Waals surface area contributed by atoms with Gasteiger partial charge in [0.25, 0.3) is 0 Å². The monoisotopic (exact) mass is 436 g/mol. The smallest absolute Gasteiger partial charge is 0.369 e. The molecule has 1 aromatic carbocycles. The van der Waals surface area contributed by atoms with E-state index in [9.17, 15) is 13.2 Å². The van der Waals surface area contributed by atoms with Crippen molar-refractivity contribution in [2.45, 2.75) is 26.4 Å². The highest BCUT2D eigenvalue weighted by Gasteiger charge is 2.30. The Bertz CT molecular complexity index is 834. The van der Waals surface area contributed by atoms with Crippen LogP contribution in [0.2, 0.25) is 0 Å². The number of piperazine rings is 1. The Kier molecular flexibility index (Phi) is 9.23. The first-order valence-electron chi connectivity index (χ1n) is 10.3. The molecule has 0 bridgehead atoms. The Morgan fingerprint density at radius 3 is 2.45 bits per heavy atom. The summed E-state index contributed by atoms with van der Waals surface area (Å²) in [6.07, 6.45) is -0.0114. The maximum atomic E-state index is 13.2. The highest BCUT2D eigenvalue weighted by Crippen LogP contribution is 2.28. The van der Waals surface area contributed by atoms with Gasteiger partial charge < -0.3 is 10.7 Å². The van der Waals surface area contributed by atoms with Crippen LogP contribution in [-0.4, -0.2) is 75.0 Å². The summed E-state index contributed by atoms with van der Waals surface area (Å²) in [6, 6.07) is 5.06. The van der Waals surface area contributed by atoms with Crippen molar-refractivity contribution in [2.24, 2.45) is 20.9 Å². The third-order valence-corrected chi connectivity index (χ3v) is 4.99. The van der Waals surface area contributed by atoms with E-state index < -0.39 is 12.6 Å². The molecule has 1 fully saturated rings. The largest absolute Gasteiger partial charge is 0.393 e. The molecule has 1 aliphatic rings. The summed E-state index contributed by atoms with van der Waals surface area (Å²) in [6.45, 7) is 8.59. The molecule has 2 N–H and O–H groups in total. The van der Waals surface area contributed by atoms with Gasteiger partial charge in [0.15, 0.2) is 0 Å². The molecule has 1 saturated heterocycles. The minimum Gasteiger partial charge on any atom is -0.369 e. The molecule has 170 valence electrons. The van der Waals surface area contributed by atoms with E-state index >= 15 is 0 Å². The zero-order chi connectivity index (χ0) is 22.9. The zero-order valence-corrected chi connectivity index (χ0v) is 18.4. The van der Waals surface area contributed by atoms with Crippen molar-refractivity contribution < 1.29 is 13.2 Å². The molecule has 31 heavy (non-hydrogen) atoms. The number of rotatable bonds is 8. The molecular formula is C22H31F3N6. The lowest BCUT2D eigenvalue weighted by Crippen LogP contribution is -2.47. The molecular weight excluding hydrogens is 405 g/mol. The lowest BCUT2D eigenvalue weighted by molar-refractivity contribution is -0.127. The van der Waals surface area contributed by atoms with Crippen molar-refractivity contribution in [3.8, 4) is 0 Å². The number of allylic oxidation sites excluding steroid dienone is 1. The predicted octanol–water partition coefficient (Wildman–Crippen LogP) is 3.31. The van der Waals surface area contributed by atoms with Crippen LogP contribution in [0.3, 0.4) is 0 Å². The maximum Gasteiger partial charge on any atom is 0.393 e. The van der Waals surface area contributed by atoms with Crippen molar-refractivity contribution >= 4 is 23.3 Å². The van der Waals surface area contributed by atoms with E-state index in [0.717, 1.165) is 50.7 Å². The van der Waals surface area contributed by atoms with Crippen LogP contribution in [0.4, 0.5) is 18.9 Å². The molecule has 0 spiro atoms. The number of benzene rings is 1. The maximum absolute atomic E-state index is 13.2. The summed E-state index contributed by atoms with van der Waals surface area (Å²) < 4.78 is 39.6. The van der Waals surface area contributed by atoms with E-state index in [1.54, 1.807) is 12.1 Å². The van der Waals surface area contributed by atoms with E-state index in [1.807, 2.05) is 32.1 Å². The first-order chi connectivity index (χ1) is 14.8. The third kappa shape index (κ3) is 7.50. The molecule has 0 unspecified atom stereocenters. The van der Waals surface area contributed by atoms with Gasteiger partial charge >= 0.3 is 6.18 Å². The fraction of sp³-hybridized carbons (Fsp3) is 0.500. The van der Waals surface area contributed by atoms with Gasteiger partial charge in [-0.15, -0.1) is 0 Å². The van der Waals surface area contributed by atoms with Crippen LogP contribution in [0.25, 0.3) is 0 Å². The number of aliphatic imine (C=N–C) groups is 2. The van der Waals surface area contributed by atoms with Crippen molar-refractivity contribution in [1.29, 1.82) is 0 Å². The summed E-state index contributed by atoms with van der Waals surface area (Å²) in [4.78, 5) is 12.8. The number of halogens is 3. The molecule has 1 heterocycles. The van der Waals surface area contributed by atoms with Crippen LogP contribution in [0.1, 0.15) is 25.0 Å². The van der Waals surface area contributed by atoms with Crippen LogP contribution in [-0.2, 0) is 6.42 Å². The minimum absolute atomic E-state index is 0.141. The van der Waals surface area contributed by atoms with Gasteiger partial charge in [-0.1, -0.05) is 12.1 Å². The van der Waals surface area contributed by atoms with Gasteiger partial charge in [0, 0.05) is 69.5 Å². The predicted molar refractivity (Wildman–Crippen MR) is 123 cm³/mol. The van der Waals surface area contributed by atoms with Crippen molar-refractivity contribution in [1.82, 2.24) is 4.90 Å². The minimum atomic E-state index is -4.34. The fourth-order valence-electron chi connectivity index (χ4n) is 3.63. The summed E-state index contributed by atoms with van der Waals surface area (Å²) in [5, 5.41) is 3.61. The van der Waals surface area contributed by atoms with E-state index in [1.165, 1.54) is 13.3 Å². The summed E-state index contributed by atoms with van der Waals surface area (Å²) in [5.74, 6) is 5.39. The summed E-state index contributed by atoms with van der Waals surface area (Å²) in [7, 11) is 1.52. The van der Waals surface area contributed by atoms with Gasteiger partial charge in [0.05, 0.1) is 6.42 Å². The van der Waals surface area contributed by atoms with Crippen LogP contribution in [0.5, 0.6) is 0 Å². The zero-order valence-electron chi connectivity index (χ0n) is 18.4. The van der Waals surface area contributed by atoms with Gasteiger partial charge in [0.2, 0.25) is 0 Å². The van der Waals surface area contributed by atoms with Crippen LogP contribution >= 0.6 is 0 Å². The Morgan fingerprint density at radius 2 is 1.90 bits per heavy atom. The molecule has 2 rings (SSSR count). The average molecular weight is 437 g/mol. The van der Waals surface area contributed by atoms with Gasteiger partial charge in [-0.3, -0.25) is 14.9 Å². The number of nitrogens with two attached hydrogens (primary N) is 1. The Hall–Kier alpha value is -2.68. The van der Waals surface area contributed by atoms with E-state index in [-0.39, 0.29) is 11.3 Å². The molecule has 6 nitrogen and oxygen atoms in total. The number of hydrogen-bond donors (Lipinski definition) is 1. The van der Waals surface area contributed by atoms with Crippen LogP contribution in [0.15, 0.2) is 45.4 Å². The van der Waals surface area contributed by atoms with Crippen LogP contribution < -0.4 is 10.7 Å². The van der Waals surface area contributed by atoms with Gasteiger partial charge in [-0.2, -0.15) is 18.3 Å². The molecule has 0 aliphatic carbocycles. The lowest BCUT2D eigenvalue weighted by atomic mass is 9.99. The Labute approximate surface area is 182 Å². The second-order valence-corrected chi connectivity index (χ2v) is 7.26. The van der Waals surface area contributed by atoms with E-state index in [0.29, 0.717) is 5.56 Å². The summed E-state index contributed by atoms with van der Waals surface area (Å²) >= 11 is 0. The van der Waals surface area contributed by atoms with Crippen molar-refractivity contribution in [2.75, 3.05) is 51.2 Å². The van der Waals surface area contributed by atoms with Crippen molar-refractivity contribution in [3.63, 3.8) is 0 Å². The second kappa shape index (κ2) is 11.6. The van der Waals surface area contributed by atoms with Gasteiger partial charge in [-0.05, 0) is 37.6 Å². The van der Waals surface area contributed by atoms with E-state index in [2.05, 4.69) is 24.9 Å². The molecule has 0 radical (unpaired) electrons. The number of hydrazone groups is 1. The molecule has 1 aromatic rings. The first kappa shape index (κ1) is 24.6. The Balaban J connectivity index is 2.18. The first-order valence-corrected chi connectivity index (χ1v) is 10.3. The average Bonchev–Trinajstić information content (AvgIpc) is 2.72. The lowest BCUT2D eigenvalue weighted by Gasteiger charge is -2.36. The van der Waals surface area contributed by atoms with Gasteiger partial charge in [-0.25, -0.2) is 0 Å². The number of hydrogen-bond acceptors (Lipinski definition) is 6. The second-order valence-electron chi connectivity index (χ2n) is 7.26. The highest BCUT2D eigenvalue weighted by atomic mass is 19.4. The fourth-order valence-corrected chi connectivity index (χ4v) is 3.63. The Morgan fingerprint density at radius 1 is 1.19 bits per heavy atom. The molecule has 0 atom stereocenters.